The fraction of sp³-hybridized carbons (Fsp3) is 0.200. The number of thiazole rings is 1. The molecule has 1 heterocycles. The van der Waals surface area contributed by atoms with Gasteiger partial charge in [-0.15, -0.1) is 11.3 Å². The Labute approximate surface area is 145 Å². The van der Waals surface area contributed by atoms with E-state index < -0.39 is 0 Å². The number of nitriles is 1. The highest BCUT2D eigenvalue weighted by Crippen LogP contribution is 2.30. The zero-order valence-electron chi connectivity index (χ0n) is 13.5. The lowest BCUT2D eigenvalue weighted by molar-refractivity contribution is 0.309. The van der Waals surface area contributed by atoms with Crippen LogP contribution in [0.25, 0.3) is 21.9 Å². The molecule has 3 nitrogen and oxygen atoms in total. The van der Waals surface area contributed by atoms with Gasteiger partial charge in [-0.1, -0.05) is 43.7 Å². The van der Waals surface area contributed by atoms with Gasteiger partial charge in [0.2, 0.25) is 0 Å². The molecule has 3 rings (SSSR count). The van der Waals surface area contributed by atoms with Crippen molar-refractivity contribution < 1.29 is 4.74 Å². The number of nitrogens with zero attached hydrogens (tertiary/aromatic N) is 2. The van der Waals surface area contributed by atoms with E-state index >= 15 is 0 Å². The second kappa shape index (κ2) is 7.76. The molecule has 120 valence electrons. The summed E-state index contributed by atoms with van der Waals surface area (Å²) in [6.07, 6.45) is 3.97. The molecule has 0 unspecified atom stereocenters. The van der Waals surface area contributed by atoms with Crippen molar-refractivity contribution in [3.63, 3.8) is 0 Å². The van der Waals surface area contributed by atoms with Gasteiger partial charge in [-0.25, -0.2) is 4.98 Å². The van der Waals surface area contributed by atoms with E-state index in [4.69, 9.17) is 4.74 Å². The third-order valence-corrected chi connectivity index (χ3v) is 4.69. The first-order chi connectivity index (χ1) is 11.8. The standard InChI is InChI=1S/C20H18N2OS/c1-2-3-12-23-18-10-6-4-8-15(18)13-16(14-21)20-22-17-9-5-7-11-19(17)24-20/h4-11,13H,2-3,12H2,1H3. The molecule has 0 saturated heterocycles. The molecule has 1 aromatic heterocycles. The SMILES string of the molecule is CCCCOc1ccccc1C=C(C#N)c1nc2ccccc2s1. The minimum Gasteiger partial charge on any atom is -0.493 e. The van der Waals surface area contributed by atoms with Gasteiger partial charge in [-0.05, 0) is 30.7 Å². The normalized spacial score (nSPS) is 11.4. The zero-order valence-corrected chi connectivity index (χ0v) is 14.3. The van der Waals surface area contributed by atoms with Gasteiger partial charge >= 0.3 is 0 Å². The van der Waals surface area contributed by atoms with Crippen molar-refractivity contribution in [2.75, 3.05) is 6.61 Å². The lowest BCUT2D eigenvalue weighted by atomic mass is 10.1. The minimum absolute atomic E-state index is 0.558. The molecule has 0 saturated carbocycles. The average Bonchev–Trinajstić information content (AvgIpc) is 3.05. The lowest BCUT2D eigenvalue weighted by Gasteiger charge is -2.08. The molecule has 0 aliphatic rings. The first-order valence-corrected chi connectivity index (χ1v) is 8.83. The monoisotopic (exact) mass is 334 g/mol. The van der Waals surface area contributed by atoms with Crippen LogP contribution in [0.1, 0.15) is 30.3 Å². The molecule has 0 atom stereocenters. The quantitative estimate of drug-likeness (QED) is 0.439. The summed E-state index contributed by atoms with van der Waals surface area (Å²) in [6, 6.07) is 18.0. The topological polar surface area (TPSA) is 45.9 Å². The van der Waals surface area contributed by atoms with E-state index in [2.05, 4.69) is 18.0 Å². The van der Waals surface area contributed by atoms with Crippen molar-refractivity contribution in [2.24, 2.45) is 0 Å². The number of allylic oxidation sites excluding steroid dienone is 1. The smallest absolute Gasteiger partial charge is 0.135 e. The van der Waals surface area contributed by atoms with Crippen molar-refractivity contribution in [3.05, 3.63) is 59.1 Å². The number of aromatic nitrogens is 1. The fourth-order valence-corrected chi connectivity index (χ4v) is 3.27. The van der Waals surface area contributed by atoms with Crippen LogP contribution in [-0.2, 0) is 0 Å². The molecular formula is C20H18N2OS. The van der Waals surface area contributed by atoms with E-state index in [-0.39, 0.29) is 0 Å². The van der Waals surface area contributed by atoms with Gasteiger partial charge in [0.05, 0.1) is 22.4 Å². The fourth-order valence-electron chi connectivity index (χ4n) is 2.34. The second-order valence-electron chi connectivity index (χ2n) is 5.40. The average molecular weight is 334 g/mol. The molecule has 0 aliphatic heterocycles. The van der Waals surface area contributed by atoms with E-state index in [0.29, 0.717) is 12.2 Å². The summed E-state index contributed by atoms with van der Waals surface area (Å²) >= 11 is 1.53. The van der Waals surface area contributed by atoms with Crippen molar-refractivity contribution in [2.45, 2.75) is 19.8 Å². The highest BCUT2D eigenvalue weighted by atomic mass is 32.1. The van der Waals surface area contributed by atoms with Crippen LogP contribution in [0.5, 0.6) is 5.75 Å². The van der Waals surface area contributed by atoms with Gasteiger partial charge in [-0.3, -0.25) is 0 Å². The van der Waals surface area contributed by atoms with Crippen LogP contribution >= 0.6 is 11.3 Å². The number of para-hydroxylation sites is 2. The summed E-state index contributed by atoms with van der Waals surface area (Å²) in [5.74, 6) is 0.805. The number of hydrogen-bond acceptors (Lipinski definition) is 4. The molecular weight excluding hydrogens is 316 g/mol. The molecule has 2 aromatic carbocycles. The molecule has 0 N–H and O–H groups in total. The largest absolute Gasteiger partial charge is 0.493 e. The summed E-state index contributed by atoms with van der Waals surface area (Å²) in [6.45, 7) is 2.82. The molecule has 3 aromatic rings. The molecule has 24 heavy (non-hydrogen) atoms. The van der Waals surface area contributed by atoms with Crippen LogP contribution in [0, 0.1) is 11.3 Å². The van der Waals surface area contributed by atoms with Crippen LogP contribution in [0.3, 0.4) is 0 Å². The maximum absolute atomic E-state index is 9.58. The number of rotatable bonds is 6. The van der Waals surface area contributed by atoms with Gasteiger partial charge in [0.1, 0.15) is 16.8 Å². The summed E-state index contributed by atoms with van der Waals surface area (Å²) < 4.78 is 6.93. The van der Waals surface area contributed by atoms with Gasteiger partial charge in [0.25, 0.3) is 0 Å². The number of ether oxygens (including phenoxy) is 1. The van der Waals surface area contributed by atoms with Crippen LogP contribution < -0.4 is 4.74 Å². The lowest BCUT2D eigenvalue weighted by Crippen LogP contribution is -1.98. The van der Waals surface area contributed by atoms with E-state index in [1.165, 1.54) is 11.3 Å². The minimum atomic E-state index is 0.558. The molecule has 0 spiro atoms. The zero-order chi connectivity index (χ0) is 16.8. The Morgan fingerprint density at radius 3 is 2.79 bits per heavy atom. The molecule has 4 heteroatoms. The van der Waals surface area contributed by atoms with E-state index in [9.17, 15) is 5.26 Å². The van der Waals surface area contributed by atoms with Crippen LogP contribution in [-0.4, -0.2) is 11.6 Å². The van der Waals surface area contributed by atoms with E-state index in [1.54, 1.807) is 0 Å². The Morgan fingerprint density at radius 1 is 1.21 bits per heavy atom. The van der Waals surface area contributed by atoms with Crippen molar-refractivity contribution in [1.82, 2.24) is 4.98 Å². The first kappa shape index (κ1) is 16.2. The van der Waals surface area contributed by atoms with Crippen molar-refractivity contribution in [1.29, 1.82) is 5.26 Å². The van der Waals surface area contributed by atoms with Gasteiger partial charge < -0.3 is 4.74 Å². The number of fused-ring (bicyclic) bond motifs is 1. The Balaban J connectivity index is 1.95. The van der Waals surface area contributed by atoms with Crippen molar-refractivity contribution in [3.8, 4) is 11.8 Å². The molecule has 0 aliphatic carbocycles. The third kappa shape index (κ3) is 3.64. The third-order valence-electron chi connectivity index (χ3n) is 3.62. The summed E-state index contributed by atoms with van der Waals surface area (Å²) in [4.78, 5) is 4.57. The Bertz CT molecular complexity index is 872. The summed E-state index contributed by atoms with van der Waals surface area (Å²) in [7, 11) is 0. The Hall–Kier alpha value is -2.64. The van der Waals surface area contributed by atoms with E-state index in [0.717, 1.165) is 39.4 Å². The second-order valence-corrected chi connectivity index (χ2v) is 6.43. The summed E-state index contributed by atoms with van der Waals surface area (Å²) in [5.41, 5.74) is 2.39. The maximum atomic E-state index is 9.58. The van der Waals surface area contributed by atoms with Crippen molar-refractivity contribution >= 4 is 33.2 Å². The first-order valence-electron chi connectivity index (χ1n) is 8.01. The highest BCUT2D eigenvalue weighted by Gasteiger charge is 2.10. The van der Waals surface area contributed by atoms with Crippen LogP contribution in [0.2, 0.25) is 0 Å². The highest BCUT2D eigenvalue weighted by molar-refractivity contribution is 7.19. The van der Waals surface area contributed by atoms with E-state index in [1.807, 2.05) is 54.6 Å². The number of benzene rings is 2. The number of unbranched alkanes of at least 4 members (excludes halogenated alkanes) is 1. The molecule has 0 fully saturated rings. The molecule has 0 radical (unpaired) electrons. The van der Waals surface area contributed by atoms with Crippen LogP contribution in [0.15, 0.2) is 48.5 Å². The Morgan fingerprint density at radius 2 is 2.00 bits per heavy atom. The Kier molecular flexibility index (Phi) is 5.25. The maximum Gasteiger partial charge on any atom is 0.135 e. The predicted octanol–water partition coefficient (Wildman–Crippen LogP) is 5.54. The number of hydrogen-bond donors (Lipinski definition) is 0. The summed E-state index contributed by atoms with van der Waals surface area (Å²) in [5, 5.41) is 10.3. The predicted molar refractivity (Wildman–Crippen MR) is 99.9 cm³/mol. The van der Waals surface area contributed by atoms with Crippen LogP contribution in [0.4, 0.5) is 0 Å². The van der Waals surface area contributed by atoms with Gasteiger partial charge in [-0.2, -0.15) is 5.26 Å². The molecule has 0 amide bonds. The van der Waals surface area contributed by atoms with Gasteiger partial charge in [0, 0.05) is 5.56 Å². The van der Waals surface area contributed by atoms with Gasteiger partial charge in [0.15, 0.2) is 0 Å². The molecule has 0 bridgehead atoms.